The van der Waals surface area contributed by atoms with E-state index in [2.05, 4.69) is 15.7 Å². The molecule has 16 heavy (non-hydrogen) atoms. The number of hydrogen-bond donors (Lipinski definition) is 4. The second-order valence-corrected chi connectivity index (χ2v) is 3.08. The molecule has 1 aromatic carbocycles. The van der Waals surface area contributed by atoms with Crippen molar-refractivity contribution < 1.29 is 4.79 Å². The summed E-state index contributed by atoms with van der Waals surface area (Å²) in [4.78, 5) is 14.6. The van der Waals surface area contributed by atoms with Crippen LogP contribution in [0.1, 0.15) is 6.42 Å². The predicted octanol–water partition coefficient (Wildman–Crippen LogP) is -0.207. The number of carbonyl (C=O) groups excluding carboxylic acids is 1. The summed E-state index contributed by atoms with van der Waals surface area (Å²) in [5, 5.41) is 2.96. The molecule has 6 nitrogen and oxygen atoms in total. The zero-order valence-electron chi connectivity index (χ0n) is 8.81. The molecule has 0 bridgehead atoms. The highest BCUT2D eigenvalue weighted by atomic mass is 16.1. The van der Waals surface area contributed by atoms with E-state index in [1.807, 2.05) is 30.3 Å². The van der Waals surface area contributed by atoms with Gasteiger partial charge in [-0.05, 0) is 12.1 Å². The average Bonchev–Trinajstić information content (AvgIpc) is 2.28. The Balaban J connectivity index is 2.52. The number of nitrogens with two attached hydrogens (primary N) is 2. The lowest BCUT2D eigenvalue weighted by molar-refractivity contribution is -0.117. The number of benzene rings is 1. The maximum atomic E-state index is 10.5. The molecule has 0 unspecified atom stereocenters. The lowest BCUT2D eigenvalue weighted by Gasteiger charge is -2.08. The van der Waals surface area contributed by atoms with Crippen molar-refractivity contribution >= 4 is 17.6 Å². The van der Waals surface area contributed by atoms with Crippen molar-refractivity contribution in [2.45, 2.75) is 6.42 Å². The molecule has 0 atom stereocenters. The zero-order chi connectivity index (χ0) is 11.8. The standard InChI is InChI=1S/C10H15N5O/c11-9(16)6-7-13-10(15-12)14-8-4-2-1-3-5-8/h1-5H,6-7,12H2,(H2,11,16)(H2,13,14,15). The number of rotatable bonds is 4. The predicted molar refractivity (Wildman–Crippen MR) is 63.5 cm³/mol. The van der Waals surface area contributed by atoms with Gasteiger partial charge in [-0.15, -0.1) is 0 Å². The lowest BCUT2D eigenvalue weighted by Crippen LogP contribution is -2.36. The van der Waals surface area contributed by atoms with Gasteiger partial charge in [0.25, 0.3) is 0 Å². The number of para-hydroxylation sites is 1. The Morgan fingerprint density at radius 2 is 2.00 bits per heavy atom. The quantitative estimate of drug-likeness (QED) is 0.244. The first kappa shape index (κ1) is 12.0. The summed E-state index contributed by atoms with van der Waals surface area (Å²) in [5.74, 6) is 5.28. The molecule has 0 aliphatic heterocycles. The minimum Gasteiger partial charge on any atom is -0.370 e. The van der Waals surface area contributed by atoms with E-state index in [1.165, 1.54) is 0 Å². The molecule has 1 rings (SSSR count). The zero-order valence-corrected chi connectivity index (χ0v) is 8.81. The first-order chi connectivity index (χ1) is 7.72. The van der Waals surface area contributed by atoms with Crippen LogP contribution in [0.3, 0.4) is 0 Å². The monoisotopic (exact) mass is 221 g/mol. The van der Waals surface area contributed by atoms with Crippen molar-refractivity contribution in [2.24, 2.45) is 16.6 Å². The van der Waals surface area contributed by atoms with Crippen LogP contribution in [0.15, 0.2) is 35.3 Å². The average molecular weight is 221 g/mol. The maximum absolute atomic E-state index is 10.5. The smallest absolute Gasteiger partial charge is 0.219 e. The number of nitrogens with one attached hydrogen (secondary N) is 2. The number of nitrogens with zero attached hydrogens (tertiary/aromatic N) is 1. The molecule has 0 aliphatic carbocycles. The van der Waals surface area contributed by atoms with Gasteiger partial charge in [-0.3, -0.25) is 15.2 Å². The van der Waals surface area contributed by atoms with Crippen LogP contribution in [0.4, 0.5) is 5.69 Å². The molecule has 1 aromatic rings. The van der Waals surface area contributed by atoms with Crippen LogP contribution in [0, 0.1) is 0 Å². The summed E-state index contributed by atoms with van der Waals surface area (Å²) in [6, 6.07) is 9.44. The van der Waals surface area contributed by atoms with Crippen LogP contribution in [0.25, 0.3) is 0 Å². The molecule has 0 aromatic heterocycles. The van der Waals surface area contributed by atoms with E-state index in [-0.39, 0.29) is 12.3 Å². The molecule has 1 amide bonds. The lowest BCUT2D eigenvalue weighted by atomic mass is 10.3. The van der Waals surface area contributed by atoms with Gasteiger partial charge in [0.15, 0.2) is 0 Å². The van der Waals surface area contributed by atoms with Crippen LogP contribution >= 0.6 is 0 Å². The minimum atomic E-state index is -0.389. The largest absolute Gasteiger partial charge is 0.370 e. The number of carbonyl (C=O) groups is 1. The molecule has 0 saturated carbocycles. The molecule has 0 aliphatic rings. The fourth-order valence-electron chi connectivity index (χ4n) is 1.06. The van der Waals surface area contributed by atoms with Gasteiger partial charge in [0.2, 0.25) is 11.9 Å². The third-order valence-electron chi connectivity index (χ3n) is 1.80. The molecule has 86 valence electrons. The van der Waals surface area contributed by atoms with Crippen molar-refractivity contribution in [1.82, 2.24) is 5.43 Å². The van der Waals surface area contributed by atoms with Crippen LogP contribution in [-0.4, -0.2) is 18.4 Å². The van der Waals surface area contributed by atoms with E-state index in [9.17, 15) is 4.79 Å². The third-order valence-corrected chi connectivity index (χ3v) is 1.80. The van der Waals surface area contributed by atoms with Gasteiger partial charge in [-0.25, -0.2) is 5.84 Å². The molecular weight excluding hydrogens is 206 g/mol. The minimum absolute atomic E-state index is 0.196. The number of guanidine groups is 1. The van der Waals surface area contributed by atoms with E-state index in [1.54, 1.807) is 0 Å². The summed E-state index contributed by atoms with van der Waals surface area (Å²) < 4.78 is 0. The van der Waals surface area contributed by atoms with E-state index >= 15 is 0 Å². The number of primary amides is 1. The molecule has 6 heteroatoms. The molecule has 0 saturated heterocycles. The van der Waals surface area contributed by atoms with Gasteiger partial charge in [0.1, 0.15) is 0 Å². The van der Waals surface area contributed by atoms with E-state index < -0.39 is 0 Å². The van der Waals surface area contributed by atoms with Crippen molar-refractivity contribution in [3.8, 4) is 0 Å². The number of aliphatic imine (C=N–C) groups is 1. The Labute approximate surface area is 93.7 Å². The van der Waals surface area contributed by atoms with E-state index in [4.69, 9.17) is 11.6 Å². The Morgan fingerprint density at radius 3 is 2.56 bits per heavy atom. The van der Waals surface area contributed by atoms with Crippen LogP contribution < -0.4 is 22.3 Å². The molecule has 6 N–H and O–H groups in total. The van der Waals surface area contributed by atoms with Gasteiger partial charge in [0.05, 0.1) is 6.54 Å². The van der Waals surface area contributed by atoms with Crippen LogP contribution in [0.2, 0.25) is 0 Å². The van der Waals surface area contributed by atoms with Crippen molar-refractivity contribution in [1.29, 1.82) is 0 Å². The van der Waals surface area contributed by atoms with Gasteiger partial charge in [-0.1, -0.05) is 18.2 Å². The SMILES string of the molecule is NNC(=NCCC(N)=O)Nc1ccccc1. The first-order valence-corrected chi connectivity index (χ1v) is 4.84. The van der Waals surface area contributed by atoms with Crippen molar-refractivity contribution in [3.05, 3.63) is 30.3 Å². The van der Waals surface area contributed by atoms with Gasteiger partial charge in [0, 0.05) is 12.1 Å². The van der Waals surface area contributed by atoms with Crippen LogP contribution in [0.5, 0.6) is 0 Å². The Morgan fingerprint density at radius 1 is 1.31 bits per heavy atom. The first-order valence-electron chi connectivity index (χ1n) is 4.84. The van der Waals surface area contributed by atoms with E-state index in [0.717, 1.165) is 5.69 Å². The summed E-state index contributed by atoms with van der Waals surface area (Å²) in [7, 11) is 0. The molecule has 0 fully saturated rings. The summed E-state index contributed by atoms with van der Waals surface area (Å²) in [6.07, 6.45) is 0.196. The Kier molecular flexibility index (Phi) is 4.81. The number of hydrogen-bond acceptors (Lipinski definition) is 3. The van der Waals surface area contributed by atoms with Gasteiger partial charge < -0.3 is 11.1 Å². The highest BCUT2D eigenvalue weighted by Gasteiger charge is 1.97. The molecular formula is C10H15N5O. The second-order valence-electron chi connectivity index (χ2n) is 3.08. The Hall–Kier alpha value is -2.08. The maximum Gasteiger partial charge on any atom is 0.219 e. The third kappa shape index (κ3) is 4.43. The topological polar surface area (TPSA) is 106 Å². The number of hydrazine groups is 1. The number of amides is 1. The summed E-state index contributed by atoms with van der Waals surface area (Å²) >= 11 is 0. The normalized spacial score (nSPS) is 10.9. The summed E-state index contributed by atoms with van der Waals surface area (Å²) in [6.45, 7) is 0.300. The fraction of sp³-hybridized carbons (Fsp3) is 0.200. The fourth-order valence-corrected chi connectivity index (χ4v) is 1.06. The highest BCUT2D eigenvalue weighted by molar-refractivity contribution is 5.93. The Bertz CT molecular complexity index is 363. The molecule has 0 spiro atoms. The van der Waals surface area contributed by atoms with Crippen LogP contribution in [-0.2, 0) is 4.79 Å². The molecule has 0 radical (unpaired) electrons. The van der Waals surface area contributed by atoms with Crippen molar-refractivity contribution in [3.63, 3.8) is 0 Å². The summed E-state index contributed by atoms with van der Waals surface area (Å²) in [5.41, 5.74) is 8.26. The van der Waals surface area contributed by atoms with Gasteiger partial charge in [-0.2, -0.15) is 0 Å². The van der Waals surface area contributed by atoms with E-state index in [0.29, 0.717) is 12.5 Å². The molecule has 0 heterocycles. The second kappa shape index (κ2) is 6.41. The van der Waals surface area contributed by atoms with Gasteiger partial charge >= 0.3 is 0 Å². The highest BCUT2D eigenvalue weighted by Crippen LogP contribution is 2.04. The van der Waals surface area contributed by atoms with Crippen molar-refractivity contribution in [2.75, 3.05) is 11.9 Å². The number of anilines is 1.